The van der Waals surface area contributed by atoms with Crippen LogP contribution in [0.4, 0.5) is 5.82 Å². The van der Waals surface area contributed by atoms with Crippen molar-refractivity contribution in [3.63, 3.8) is 0 Å². The van der Waals surface area contributed by atoms with E-state index in [9.17, 15) is 0 Å². The predicted molar refractivity (Wildman–Crippen MR) is 80.8 cm³/mol. The van der Waals surface area contributed by atoms with Crippen molar-refractivity contribution in [1.82, 2.24) is 4.98 Å². The Morgan fingerprint density at radius 1 is 1.35 bits per heavy atom. The maximum Gasteiger partial charge on any atom is 0.142 e. The molecule has 0 fully saturated rings. The van der Waals surface area contributed by atoms with Crippen LogP contribution in [0.5, 0.6) is 0 Å². The molecule has 5 heteroatoms. The van der Waals surface area contributed by atoms with Gasteiger partial charge >= 0.3 is 0 Å². The molecule has 0 saturated heterocycles. The molecule has 2 aromatic heterocycles. The van der Waals surface area contributed by atoms with Crippen molar-refractivity contribution in [3.8, 4) is 0 Å². The smallest absolute Gasteiger partial charge is 0.142 e. The van der Waals surface area contributed by atoms with E-state index in [2.05, 4.69) is 66.3 Å². The molecule has 0 bridgehead atoms. The lowest BCUT2D eigenvalue weighted by Crippen LogP contribution is -2.17. The zero-order chi connectivity index (χ0) is 12.4. The second-order valence-corrected chi connectivity index (χ2v) is 6.67. The number of hydrogen-bond donors (Lipinski definition) is 0. The molecule has 2 heterocycles. The van der Waals surface area contributed by atoms with Crippen LogP contribution in [0.3, 0.4) is 0 Å². The highest BCUT2D eigenvalue weighted by Gasteiger charge is 2.09. The van der Waals surface area contributed by atoms with E-state index >= 15 is 0 Å². The molecule has 0 spiro atoms. The molecule has 0 saturated carbocycles. The van der Waals surface area contributed by atoms with Gasteiger partial charge in [0.1, 0.15) is 5.82 Å². The monoisotopic (exact) mass is 374 g/mol. The maximum atomic E-state index is 4.45. The van der Waals surface area contributed by atoms with E-state index < -0.39 is 0 Å². The van der Waals surface area contributed by atoms with Gasteiger partial charge < -0.3 is 4.90 Å². The van der Waals surface area contributed by atoms with Crippen molar-refractivity contribution in [1.29, 1.82) is 0 Å². The van der Waals surface area contributed by atoms with Gasteiger partial charge in [0.25, 0.3) is 0 Å². The minimum atomic E-state index is 0.866. The van der Waals surface area contributed by atoms with Crippen LogP contribution in [-0.4, -0.2) is 12.0 Å². The van der Waals surface area contributed by atoms with Gasteiger partial charge in [0.15, 0.2) is 0 Å². The molecule has 0 aliphatic rings. The van der Waals surface area contributed by atoms with E-state index in [0.717, 1.165) is 26.9 Å². The molecule has 2 aromatic rings. The van der Waals surface area contributed by atoms with E-state index in [0.29, 0.717) is 0 Å². The van der Waals surface area contributed by atoms with Crippen LogP contribution in [0.1, 0.15) is 10.4 Å². The van der Waals surface area contributed by atoms with Crippen LogP contribution in [0.2, 0.25) is 0 Å². The Balaban J connectivity index is 2.17. The maximum absolute atomic E-state index is 4.45. The van der Waals surface area contributed by atoms with Crippen LogP contribution in [0, 0.1) is 6.92 Å². The van der Waals surface area contributed by atoms with Crippen molar-refractivity contribution in [2.75, 3.05) is 11.9 Å². The van der Waals surface area contributed by atoms with Crippen molar-refractivity contribution in [2.45, 2.75) is 13.5 Å². The third kappa shape index (κ3) is 3.30. The summed E-state index contributed by atoms with van der Waals surface area (Å²) >= 11 is 8.78. The SMILES string of the molecule is Cc1cnc(N(C)Cc2cc(Br)cs2)c(Br)c1. The lowest BCUT2D eigenvalue weighted by Gasteiger charge is -2.18. The Hall–Kier alpha value is -0.390. The quantitative estimate of drug-likeness (QED) is 0.778. The molecular formula is C12H12Br2N2S. The average Bonchev–Trinajstić information content (AvgIpc) is 2.63. The van der Waals surface area contributed by atoms with E-state index in [-0.39, 0.29) is 0 Å². The molecule has 17 heavy (non-hydrogen) atoms. The van der Waals surface area contributed by atoms with Gasteiger partial charge in [-0.15, -0.1) is 11.3 Å². The second kappa shape index (κ2) is 5.50. The molecule has 0 radical (unpaired) electrons. The first-order valence-corrected chi connectivity index (χ1v) is 7.59. The second-order valence-electron chi connectivity index (χ2n) is 3.91. The summed E-state index contributed by atoms with van der Waals surface area (Å²) in [5.74, 6) is 0.972. The van der Waals surface area contributed by atoms with Crippen LogP contribution in [0.15, 0.2) is 32.7 Å². The van der Waals surface area contributed by atoms with Crippen molar-refractivity contribution >= 4 is 49.0 Å². The highest BCUT2D eigenvalue weighted by Crippen LogP contribution is 2.27. The number of halogens is 2. The van der Waals surface area contributed by atoms with Crippen LogP contribution >= 0.6 is 43.2 Å². The lowest BCUT2D eigenvalue weighted by molar-refractivity contribution is 0.906. The first-order valence-electron chi connectivity index (χ1n) is 5.12. The molecule has 0 unspecified atom stereocenters. The fraction of sp³-hybridized carbons (Fsp3) is 0.250. The van der Waals surface area contributed by atoms with Gasteiger partial charge in [-0.25, -0.2) is 4.98 Å². The van der Waals surface area contributed by atoms with Crippen LogP contribution in [0.25, 0.3) is 0 Å². The summed E-state index contributed by atoms with van der Waals surface area (Å²) in [5.41, 5.74) is 1.16. The van der Waals surface area contributed by atoms with Gasteiger partial charge in [-0.1, -0.05) is 0 Å². The molecule has 0 aromatic carbocycles. The Labute approximate surface area is 122 Å². The van der Waals surface area contributed by atoms with E-state index in [1.807, 2.05) is 13.1 Å². The van der Waals surface area contributed by atoms with E-state index in [4.69, 9.17) is 0 Å². The summed E-state index contributed by atoms with van der Waals surface area (Å²) in [6.07, 6.45) is 1.89. The number of pyridine rings is 1. The fourth-order valence-electron chi connectivity index (χ4n) is 1.55. The van der Waals surface area contributed by atoms with Crippen LogP contribution in [-0.2, 0) is 6.54 Å². The number of aromatic nitrogens is 1. The minimum Gasteiger partial charge on any atom is -0.354 e. The molecule has 0 atom stereocenters. The number of aryl methyl sites for hydroxylation is 1. The molecule has 0 aliphatic heterocycles. The van der Waals surface area contributed by atoms with Gasteiger partial charge in [0.2, 0.25) is 0 Å². The predicted octanol–water partition coefficient (Wildman–Crippen LogP) is 4.61. The molecule has 0 N–H and O–H groups in total. The van der Waals surface area contributed by atoms with Gasteiger partial charge in [-0.2, -0.15) is 0 Å². The van der Waals surface area contributed by atoms with Gasteiger partial charge in [-0.3, -0.25) is 0 Å². The fourth-order valence-corrected chi connectivity index (χ4v) is 3.82. The first kappa shape index (κ1) is 13.1. The molecule has 0 aliphatic carbocycles. The molecule has 2 nitrogen and oxygen atoms in total. The Morgan fingerprint density at radius 2 is 2.12 bits per heavy atom. The first-order chi connectivity index (χ1) is 8.06. The zero-order valence-corrected chi connectivity index (χ0v) is 13.6. The number of thiophene rings is 1. The molecule has 0 amide bonds. The molecular weight excluding hydrogens is 364 g/mol. The topological polar surface area (TPSA) is 16.1 Å². The summed E-state index contributed by atoms with van der Waals surface area (Å²) in [7, 11) is 2.05. The normalized spacial score (nSPS) is 10.6. The zero-order valence-electron chi connectivity index (χ0n) is 9.58. The van der Waals surface area contributed by atoms with Gasteiger partial charge in [0.05, 0.1) is 11.0 Å². The summed E-state index contributed by atoms with van der Waals surface area (Å²) in [5, 5.41) is 2.10. The lowest BCUT2D eigenvalue weighted by atomic mass is 10.3. The van der Waals surface area contributed by atoms with Crippen LogP contribution < -0.4 is 4.90 Å². The summed E-state index contributed by atoms with van der Waals surface area (Å²) in [4.78, 5) is 7.91. The van der Waals surface area contributed by atoms with E-state index in [1.165, 1.54) is 4.88 Å². The highest BCUT2D eigenvalue weighted by atomic mass is 79.9. The van der Waals surface area contributed by atoms with Crippen molar-refractivity contribution in [2.24, 2.45) is 0 Å². The number of anilines is 1. The number of nitrogens with zero attached hydrogens (tertiary/aromatic N) is 2. The third-order valence-electron chi connectivity index (χ3n) is 2.33. The summed E-state index contributed by atoms with van der Waals surface area (Å²) in [6.45, 7) is 2.91. The largest absolute Gasteiger partial charge is 0.354 e. The highest BCUT2D eigenvalue weighted by molar-refractivity contribution is 9.10. The summed E-state index contributed by atoms with van der Waals surface area (Å²) < 4.78 is 2.18. The molecule has 2 rings (SSSR count). The minimum absolute atomic E-state index is 0.866. The Morgan fingerprint density at radius 3 is 2.71 bits per heavy atom. The standard InChI is InChI=1S/C12H12Br2N2S/c1-8-3-11(14)12(15-5-8)16(2)6-10-4-9(13)7-17-10/h3-5,7H,6H2,1-2H3. The van der Waals surface area contributed by atoms with E-state index in [1.54, 1.807) is 11.3 Å². The van der Waals surface area contributed by atoms with Crippen molar-refractivity contribution < 1.29 is 0 Å². The van der Waals surface area contributed by atoms with Crippen molar-refractivity contribution in [3.05, 3.63) is 43.1 Å². The summed E-state index contributed by atoms with van der Waals surface area (Å²) in [6, 6.07) is 4.23. The Bertz CT molecular complexity index is 525. The average molecular weight is 376 g/mol. The third-order valence-corrected chi connectivity index (χ3v) is 4.60. The Kier molecular flexibility index (Phi) is 4.22. The van der Waals surface area contributed by atoms with Gasteiger partial charge in [-0.05, 0) is 56.5 Å². The number of hydrogen-bond acceptors (Lipinski definition) is 3. The molecule has 90 valence electrons. The van der Waals surface area contributed by atoms with Gasteiger partial charge in [0, 0.05) is 28.0 Å². The number of rotatable bonds is 3.